The predicted molar refractivity (Wildman–Crippen MR) is 224 cm³/mol. The molecule has 0 aromatic carbocycles. The summed E-state index contributed by atoms with van der Waals surface area (Å²) in [6, 6.07) is 0. The van der Waals surface area contributed by atoms with E-state index < -0.39 is 51.8 Å². The number of carbonyl (C=O) groups excluding carboxylic acids is 2. The van der Waals surface area contributed by atoms with E-state index >= 15 is 0 Å². The van der Waals surface area contributed by atoms with Gasteiger partial charge in [-0.15, -0.1) is 0 Å². The van der Waals surface area contributed by atoms with Crippen LogP contribution in [0.15, 0.2) is 48.6 Å². The highest BCUT2D eigenvalue weighted by atomic mass is 31.2. The van der Waals surface area contributed by atoms with Gasteiger partial charge in [0.05, 0.1) is 19.8 Å². The number of esters is 2. The van der Waals surface area contributed by atoms with Crippen LogP contribution in [0.2, 0.25) is 0 Å². The van der Waals surface area contributed by atoms with E-state index in [1.165, 1.54) is 83.5 Å². The zero-order valence-electron chi connectivity index (χ0n) is 34.6. The van der Waals surface area contributed by atoms with Gasteiger partial charge in [-0.05, 0) is 51.4 Å². The van der Waals surface area contributed by atoms with E-state index in [-0.39, 0.29) is 19.4 Å². The number of aliphatic hydroxyl groups is 2. The fourth-order valence-corrected chi connectivity index (χ4v) is 6.48. The van der Waals surface area contributed by atoms with E-state index in [0.717, 1.165) is 57.8 Å². The Labute approximate surface area is 334 Å². The molecule has 0 fully saturated rings. The van der Waals surface area contributed by atoms with Crippen molar-refractivity contribution in [2.75, 3.05) is 26.4 Å². The van der Waals surface area contributed by atoms with Crippen LogP contribution in [0, 0.1) is 0 Å². The largest absolute Gasteiger partial charge is 0.472 e. The Morgan fingerprint density at radius 3 is 1.51 bits per heavy atom. The molecule has 1 unspecified atom stereocenters. The van der Waals surface area contributed by atoms with Crippen LogP contribution in [0.4, 0.5) is 0 Å². The summed E-state index contributed by atoms with van der Waals surface area (Å²) < 4.78 is 32.7. The van der Waals surface area contributed by atoms with Gasteiger partial charge in [0.2, 0.25) is 0 Å². The number of phosphoric acid groups is 1. The fraction of sp³-hybridized carbons (Fsp3) is 0.773. The van der Waals surface area contributed by atoms with Crippen LogP contribution in [0.25, 0.3) is 0 Å². The van der Waals surface area contributed by atoms with Crippen molar-refractivity contribution in [3.63, 3.8) is 0 Å². The second kappa shape index (κ2) is 40.1. The normalized spacial score (nSPS) is 14.3. The van der Waals surface area contributed by atoms with Gasteiger partial charge in [-0.1, -0.05) is 165 Å². The Hall–Kier alpha value is -2.07. The molecule has 0 aliphatic carbocycles. The number of unbranched alkanes of at least 4 members (excludes halogenated alkanes) is 18. The highest BCUT2D eigenvalue weighted by Crippen LogP contribution is 2.43. The molecule has 3 N–H and O–H groups in total. The lowest BCUT2D eigenvalue weighted by molar-refractivity contribution is -0.161. The molecule has 0 saturated heterocycles. The molecule has 0 rings (SSSR count). The highest BCUT2D eigenvalue weighted by molar-refractivity contribution is 7.47. The molecule has 0 aliphatic heterocycles. The Kier molecular flexibility index (Phi) is 38.6. The molecule has 0 heterocycles. The van der Waals surface area contributed by atoms with Crippen LogP contribution in [-0.2, 0) is 32.7 Å². The first kappa shape index (κ1) is 52.9. The SMILES string of the molecule is CC/C=C/C/C=C/C/C=C/C/C=C/CCCCC(=O)OC[C@H](COP(=O)(O)OC[C@@H](O)CO)OC(=O)CCCCCCCCCCCCCCCCCCC. The van der Waals surface area contributed by atoms with Crippen molar-refractivity contribution < 1.29 is 47.8 Å². The third-order valence-electron chi connectivity index (χ3n) is 9.00. The summed E-state index contributed by atoms with van der Waals surface area (Å²) in [5.74, 6) is -0.971. The summed E-state index contributed by atoms with van der Waals surface area (Å²) in [5.41, 5.74) is 0. The minimum Gasteiger partial charge on any atom is -0.462 e. The van der Waals surface area contributed by atoms with Crippen molar-refractivity contribution in [3.05, 3.63) is 48.6 Å². The van der Waals surface area contributed by atoms with Gasteiger partial charge in [-0.2, -0.15) is 0 Å². The summed E-state index contributed by atoms with van der Waals surface area (Å²) in [6.07, 6.45) is 42.2. The number of hydrogen-bond donors (Lipinski definition) is 3. The molecule has 10 nitrogen and oxygen atoms in total. The van der Waals surface area contributed by atoms with Crippen LogP contribution in [-0.4, -0.2) is 65.7 Å². The molecule has 0 amide bonds. The lowest BCUT2D eigenvalue weighted by Gasteiger charge is -2.20. The van der Waals surface area contributed by atoms with E-state index in [0.29, 0.717) is 12.8 Å². The van der Waals surface area contributed by atoms with Gasteiger partial charge >= 0.3 is 19.8 Å². The number of allylic oxidation sites excluding steroid dienone is 8. The first-order chi connectivity index (χ1) is 26.7. The predicted octanol–water partition coefficient (Wildman–Crippen LogP) is 11.3. The second-order valence-electron chi connectivity index (χ2n) is 14.3. The smallest absolute Gasteiger partial charge is 0.462 e. The van der Waals surface area contributed by atoms with Gasteiger partial charge in [-0.3, -0.25) is 18.6 Å². The molecule has 0 bridgehead atoms. The van der Waals surface area contributed by atoms with Crippen molar-refractivity contribution in [2.45, 2.75) is 193 Å². The molecule has 0 spiro atoms. The van der Waals surface area contributed by atoms with Gasteiger partial charge < -0.3 is 24.6 Å². The van der Waals surface area contributed by atoms with Crippen LogP contribution in [0.1, 0.15) is 181 Å². The topological polar surface area (TPSA) is 149 Å². The Bertz CT molecular complexity index is 1060. The van der Waals surface area contributed by atoms with Crippen LogP contribution in [0.3, 0.4) is 0 Å². The summed E-state index contributed by atoms with van der Waals surface area (Å²) in [7, 11) is -4.63. The third-order valence-corrected chi connectivity index (χ3v) is 9.95. The lowest BCUT2D eigenvalue weighted by atomic mass is 10.0. The molecular formula is C44H79O10P. The van der Waals surface area contributed by atoms with Crippen molar-refractivity contribution >= 4 is 19.8 Å². The van der Waals surface area contributed by atoms with E-state index in [1.807, 2.05) is 0 Å². The molecule has 0 aliphatic rings. The highest BCUT2D eigenvalue weighted by Gasteiger charge is 2.27. The van der Waals surface area contributed by atoms with Crippen LogP contribution < -0.4 is 0 Å². The van der Waals surface area contributed by atoms with Crippen LogP contribution >= 0.6 is 7.82 Å². The Morgan fingerprint density at radius 2 is 1.00 bits per heavy atom. The number of hydrogen-bond acceptors (Lipinski definition) is 9. The first-order valence-corrected chi connectivity index (χ1v) is 23.1. The monoisotopic (exact) mass is 799 g/mol. The number of ether oxygens (including phenoxy) is 2. The lowest BCUT2D eigenvalue weighted by Crippen LogP contribution is -2.29. The second-order valence-corrected chi connectivity index (χ2v) is 15.8. The van der Waals surface area contributed by atoms with Crippen molar-refractivity contribution in [1.82, 2.24) is 0 Å². The van der Waals surface area contributed by atoms with Crippen molar-refractivity contribution in [1.29, 1.82) is 0 Å². The minimum atomic E-state index is -4.63. The zero-order chi connectivity index (χ0) is 40.5. The van der Waals surface area contributed by atoms with Gasteiger partial charge in [0.25, 0.3) is 0 Å². The van der Waals surface area contributed by atoms with Gasteiger partial charge in [-0.25, -0.2) is 4.57 Å². The molecular weight excluding hydrogens is 719 g/mol. The molecule has 3 atom stereocenters. The molecule has 55 heavy (non-hydrogen) atoms. The number of carbonyl (C=O) groups is 2. The van der Waals surface area contributed by atoms with Crippen molar-refractivity contribution in [2.24, 2.45) is 0 Å². The average molecular weight is 799 g/mol. The van der Waals surface area contributed by atoms with E-state index in [9.17, 15) is 24.2 Å². The average Bonchev–Trinajstić information content (AvgIpc) is 3.17. The maximum atomic E-state index is 12.6. The molecule has 0 aromatic rings. The number of phosphoric ester groups is 1. The maximum Gasteiger partial charge on any atom is 0.472 e. The first-order valence-electron chi connectivity index (χ1n) is 21.6. The van der Waals surface area contributed by atoms with Crippen LogP contribution in [0.5, 0.6) is 0 Å². The molecule has 0 saturated carbocycles. The van der Waals surface area contributed by atoms with Gasteiger partial charge in [0.15, 0.2) is 6.10 Å². The summed E-state index contributed by atoms with van der Waals surface area (Å²) in [6.45, 7) is 2.23. The number of rotatable bonds is 40. The van der Waals surface area contributed by atoms with Gasteiger partial charge in [0, 0.05) is 12.8 Å². The Morgan fingerprint density at radius 1 is 0.564 bits per heavy atom. The quantitative estimate of drug-likeness (QED) is 0.0237. The standard InChI is InChI=1S/C44H79O10P/c1-3-5-7-9-11-13-15-17-19-20-22-24-26-28-30-32-34-36-44(48)54-42(40-53-55(49,50)52-38-41(46)37-45)39-51-43(47)35-33-31-29-27-25-23-21-18-16-14-12-10-8-6-4-2/h6,8,12,14,18,21,25,27,41-42,45-46H,3-5,7,9-11,13,15-17,19-20,22-24,26,28-40H2,1-2H3,(H,49,50)/b8-6+,14-12+,21-18+,27-25+/t41-,42+/m0/s1. The maximum absolute atomic E-state index is 12.6. The van der Waals surface area contributed by atoms with E-state index in [4.69, 9.17) is 19.1 Å². The zero-order valence-corrected chi connectivity index (χ0v) is 35.5. The molecule has 0 aromatic heterocycles. The molecule has 320 valence electrons. The van der Waals surface area contributed by atoms with E-state index in [2.05, 4.69) is 67.0 Å². The minimum absolute atomic E-state index is 0.177. The van der Waals surface area contributed by atoms with Crippen molar-refractivity contribution in [3.8, 4) is 0 Å². The summed E-state index contributed by atoms with van der Waals surface area (Å²) in [5, 5.41) is 18.3. The summed E-state index contributed by atoms with van der Waals surface area (Å²) in [4.78, 5) is 35.0. The fourth-order valence-electron chi connectivity index (χ4n) is 5.69. The molecule has 11 heteroatoms. The Balaban J connectivity index is 4.34. The number of aliphatic hydroxyl groups excluding tert-OH is 2. The summed E-state index contributed by atoms with van der Waals surface area (Å²) >= 11 is 0. The van der Waals surface area contributed by atoms with Gasteiger partial charge in [0.1, 0.15) is 12.7 Å². The molecule has 0 radical (unpaired) electrons. The van der Waals surface area contributed by atoms with E-state index in [1.54, 1.807) is 0 Å². The third kappa shape index (κ3) is 39.9.